The van der Waals surface area contributed by atoms with Crippen molar-refractivity contribution >= 4 is 10.8 Å². The fourth-order valence-electron chi connectivity index (χ4n) is 2.66. The predicted octanol–water partition coefficient (Wildman–Crippen LogP) is 4.56. The van der Waals surface area contributed by atoms with Gasteiger partial charge in [-0.15, -0.1) is 0 Å². The number of aryl methyl sites for hydroxylation is 1. The van der Waals surface area contributed by atoms with Crippen molar-refractivity contribution in [1.82, 2.24) is 0 Å². The molecule has 0 saturated carbocycles. The van der Waals surface area contributed by atoms with Gasteiger partial charge in [0.05, 0.1) is 6.10 Å². The lowest BCUT2D eigenvalue weighted by molar-refractivity contribution is 0.178. The molecule has 1 atom stereocenters. The highest BCUT2D eigenvalue weighted by Crippen LogP contribution is 2.23. The van der Waals surface area contributed by atoms with E-state index in [9.17, 15) is 9.50 Å². The van der Waals surface area contributed by atoms with Crippen LogP contribution in [-0.4, -0.2) is 5.11 Å². The van der Waals surface area contributed by atoms with Crippen LogP contribution in [-0.2, 0) is 6.42 Å². The summed E-state index contributed by atoms with van der Waals surface area (Å²) in [7, 11) is 0. The monoisotopic (exact) mass is 280 g/mol. The molecule has 1 nitrogen and oxygen atoms in total. The van der Waals surface area contributed by atoms with Gasteiger partial charge in [0.1, 0.15) is 5.82 Å². The smallest absolute Gasteiger partial charge is 0.123 e. The Labute approximate surface area is 123 Å². The molecule has 0 fully saturated rings. The van der Waals surface area contributed by atoms with Gasteiger partial charge in [0, 0.05) is 6.42 Å². The SMILES string of the molecule is Cc1cc(F)cc(C(O)Cc2ccc3ccccc3c2)c1. The molecule has 3 aromatic rings. The third kappa shape index (κ3) is 3.11. The number of hydrogen-bond donors (Lipinski definition) is 1. The number of rotatable bonds is 3. The van der Waals surface area contributed by atoms with E-state index in [2.05, 4.69) is 18.2 Å². The Bertz CT molecular complexity index is 759. The fraction of sp³-hybridized carbons (Fsp3) is 0.158. The van der Waals surface area contributed by atoms with Crippen molar-refractivity contribution < 1.29 is 9.50 Å². The Balaban J connectivity index is 1.86. The van der Waals surface area contributed by atoms with Gasteiger partial charge in [-0.2, -0.15) is 0 Å². The van der Waals surface area contributed by atoms with Gasteiger partial charge in [-0.05, 0) is 46.5 Å². The molecule has 0 spiro atoms. The summed E-state index contributed by atoms with van der Waals surface area (Å²) < 4.78 is 13.4. The molecule has 0 bridgehead atoms. The molecule has 0 aliphatic carbocycles. The maximum atomic E-state index is 13.4. The molecule has 0 heterocycles. The Hall–Kier alpha value is -2.19. The standard InChI is InChI=1S/C19H17FO/c1-13-8-17(12-18(20)9-13)19(21)11-14-6-7-15-4-2-3-5-16(15)10-14/h2-10,12,19,21H,11H2,1H3. The molecule has 0 radical (unpaired) electrons. The zero-order valence-corrected chi connectivity index (χ0v) is 11.9. The Morgan fingerprint density at radius 1 is 0.952 bits per heavy atom. The van der Waals surface area contributed by atoms with Crippen LogP contribution >= 0.6 is 0 Å². The van der Waals surface area contributed by atoms with E-state index < -0.39 is 6.10 Å². The summed E-state index contributed by atoms with van der Waals surface area (Å²) in [4.78, 5) is 0. The summed E-state index contributed by atoms with van der Waals surface area (Å²) in [5, 5.41) is 12.7. The maximum Gasteiger partial charge on any atom is 0.123 e. The second kappa shape index (κ2) is 5.66. The van der Waals surface area contributed by atoms with Crippen LogP contribution in [0.15, 0.2) is 60.7 Å². The van der Waals surface area contributed by atoms with Crippen LogP contribution < -0.4 is 0 Å². The zero-order valence-electron chi connectivity index (χ0n) is 11.9. The summed E-state index contributed by atoms with van der Waals surface area (Å²) in [6.45, 7) is 1.83. The fourth-order valence-corrected chi connectivity index (χ4v) is 2.66. The van der Waals surface area contributed by atoms with Gasteiger partial charge < -0.3 is 5.11 Å². The molecule has 0 saturated heterocycles. The quantitative estimate of drug-likeness (QED) is 0.745. The number of benzene rings is 3. The molecule has 3 rings (SSSR count). The van der Waals surface area contributed by atoms with Crippen molar-refractivity contribution in [2.24, 2.45) is 0 Å². The topological polar surface area (TPSA) is 20.2 Å². The second-order valence-corrected chi connectivity index (χ2v) is 5.46. The van der Waals surface area contributed by atoms with Crippen molar-refractivity contribution in [3.8, 4) is 0 Å². The third-order valence-electron chi connectivity index (χ3n) is 3.69. The molecular weight excluding hydrogens is 263 g/mol. The van der Waals surface area contributed by atoms with Crippen molar-refractivity contribution in [3.63, 3.8) is 0 Å². The predicted molar refractivity (Wildman–Crippen MR) is 83.7 cm³/mol. The maximum absolute atomic E-state index is 13.4. The van der Waals surface area contributed by atoms with Crippen LogP contribution in [0.4, 0.5) is 4.39 Å². The van der Waals surface area contributed by atoms with E-state index in [1.54, 1.807) is 0 Å². The lowest BCUT2D eigenvalue weighted by atomic mass is 9.98. The highest BCUT2D eigenvalue weighted by atomic mass is 19.1. The van der Waals surface area contributed by atoms with Crippen LogP contribution in [0.1, 0.15) is 22.8 Å². The largest absolute Gasteiger partial charge is 0.388 e. The molecule has 0 aromatic heterocycles. The van der Waals surface area contributed by atoms with E-state index in [0.29, 0.717) is 12.0 Å². The summed E-state index contributed by atoms with van der Waals surface area (Å²) in [6, 6.07) is 18.9. The molecule has 1 N–H and O–H groups in total. The number of aliphatic hydroxyl groups excluding tert-OH is 1. The first-order valence-electron chi connectivity index (χ1n) is 7.05. The van der Waals surface area contributed by atoms with Crippen LogP contribution in [0.3, 0.4) is 0 Å². The molecule has 106 valence electrons. The van der Waals surface area contributed by atoms with E-state index in [4.69, 9.17) is 0 Å². The normalized spacial score (nSPS) is 12.5. The molecule has 0 amide bonds. The third-order valence-corrected chi connectivity index (χ3v) is 3.69. The number of fused-ring (bicyclic) bond motifs is 1. The summed E-state index contributed by atoms with van der Waals surface area (Å²) in [5.41, 5.74) is 2.49. The van der Waals surface area contributed by atoms with Gasteiger partial charge >= 0.3 is 0 Å². The minimum absolute atomic E-state index is 0.303. The minimum Gasteiger partial charge on any atom is -0.388 e. The average Bonchev–Trinajstić information content (AvgIpc) is 2.46. The lowest BCUT2D eigenvalue weighted by Gasteiger charge is -2.13. The van der Waals surface area contributed by atoms with Crippen molar-refractivity contribution in [2.45, 2.75) is 19.4 Å². The highest BCUT2D eigenvalue weighted by Gasteiger charge is 2.10. The first kappa shape index (κ1) is 13.8. The summed E-state index contributed by atoms with van der Waals surface area (Å²) >= 11 is 0. The first-order chi connectivity index (χ1) is 10.1. The van der Waals surface area contributed by atoms with Crippen LogP contribution in [0.2, 0.25) is 0 Å². The average molecular weight is 280 g/mol. The second-order valence-electron chi connectivity index (χ2n) is 5.46. The lowest BCUT2D eigenvalue weighted by Crippen LogP contribution is -2.03. The van der Waals surface area contributed by atoms with Gasteiger partial charge in [0.2, 0.25) is 0 Å². The van der Waals surface area contributed by atoms with Gasteiger partial charge in [-0.1, -0.05) is 48.5 Å². The first-order valence-corrected chi connectivity index (χ1v) is 7.05. The molecule has 0 aliphatic rings. The van der Waals surface area contributed by atoms with Crippen molar-refractivity contribution in [3.05, 3.63) is 83.2 Å². The van der Waals surface area contributed by atoms with Crippen LogP contribution in [0.25, 0.3) is 10.8 Å². The van der Waals surface area contributed by atoms with Crippen molar-refractivity contribution in [1.29, 1.82) is 0 Å². The van der Waals surface area contributed by atoms with Crippen molar-refractivity contribution in [2.75, 3.05) is 0 Å². The zero-order chi connectivity index (χ0) is 14.8. The Morgan fingerprint density at radius 2 is 1.71 bits per heavy atom. The molecule has 0 aliphatic heterocycles. The Morgan fingerprint density at radius 3 is 2.48 bits per heavy atom. The van der Waals surface area contributed by atoms with Gasteiger partial charge in [-0.3, -0.25) is 0 Å². The van der Waals surface area contributed by atoms with E-state index in [0.717, 1.165) is 16.5 Å². The Kier molecular flexibility index (Phi) is 3.72. The van der Waals surface area contributed by atoms with Gasteiger partial charge in [0.25, 0.3) is 0 Å². The molecule has 2 heteroatoms. The summed E-state index contributed by atoms with van der Waals surface area (Å²) in [6.07, 6.45) is -0.214. The molecular formula is C19H17FO. The number of hydrogen-bond acceptors (Lipinski definition) is 1. The number of halogens is 1. The highest BCUT2D eigenvalue weighted by molar-refractivity contribution is 5.83. The minimum atomic E-state index is -0.694. The number of aliphatic hydroxyl groups is 1. The van der Waals surface area contributed by atoms with E-state index in [1.165, 1.54) is 17.5 Å². The molecule has 21 heavy (non-hydrogen) atoms. The van der Waals surface area contributed by atoms with E-state index in [1.807, 2.05) is 37.3 Å². The van der Waals surface area contributed by atoms with Gasteiger partial charge in [-0.25, -0.2) is 4.39 Å². The van der Waals surface area contributed by atoms with Crippen LogP contribution in [0.5, 0.6) is 0 Å². The van der Waals surface area contributed by atoms with Crippen LogP contribution in [0, 0.1) is 12.7 Å². The molecule has 3 aromatic carbocycles. The molecule has 1 unspecified atom stereocenters. The van der Waals surface area contributed by atoms with Gasteiger partial charge in [0.15, 0.2) is 0 Å². The van der Waals surface area contributed by atoms with E-state index >= 15 is 0 Å². The summed E-state index contributed by atoms with van der Waals surface area (Å²) in [5.74, 6) is -0.303. The van der Waals surface area contributed by atoms with E-state index in [-0.39, 0.29) is 5.82 Å².